The highest BCUT2D eigenvalue weighted by Gasteiger charge is 2.33. The molecule has 0 spiro atoms. The minimum atomic E-state index is -0.716. The average Bonchev–Trinajstić information content (AvgIpc) is 3.95. The second-order valence-electron chi connectivity index (χ2n) is 16.5. The van der Waals surface area contributed by atoms with E-state index >= 15 is 0 Å². The third-order valence-electron chi connectivity index (χ3n) is 10.6. The summed E-state index contributed by atoms with van der Waals surface area (Å²) >= 11 is 0. The number of imide groups is 1. The summed E-state index contributed by atoms with van der Waals surface area (Å²) in [5.41, 5.74) is 2.82. The van der Waals surface area contributed by atoms with E-state index in [0.29, 0.717) is 41.9 Å². The van der Waals surface area contributed by atoms with Crippen LogP contribution in [-0.4, -0.2) is 64.7 Å². The van der Waals surface area contributed by atoms with Gasteiger partial charge in [0.2, 0.25) is 11.8 Å². The minimum absolute atomic E-state index is 0.0111. The Morgan fingerprint density at radius 1 is 1.00 bits per heavy atom. The molecule has 3 N–H and O–H groups in total. The molecule has 1 aliphatic heterocycles. The van der Waals surface area contributed by atoms with Gasteiger partial charge >= 0.3 is 11.8 Å². The Labute approximate surface area is 332 Å². The first-order valence-electron chi connectivity index (χ1n) is 20.1. The van der Waals surface area contributed by atoms with E-state index in [0.717, 1.165) is 62.6 Å². The van der Waals surface area contributed by atoms with Crippen LogP contribution in [0.15, 0.2) is 41.3 Å². The third-order valence-corrected chi connectivity index (χ3v) is 10.6. The predicted molar refractivity (Wildman–Crippen MR) is 216 cm³/mol. The number of fused-ring (bicyclic) bond motifs is 1. The van der Waals surface area contributed by atoms with Crippen molar-refractivity contribution in [2.24, 2.45) is 7.05 Å². The molecule has 1 saturated carbocycles. The Balaban J connectivity index is 0.954. The van der Waals surface area contributed by atoms with Crippen molar-refractivity contribution in [3.63, 3.8) is 0 Å². The molecule has 0 bridgehead atoms. The van der Waals surface area contributed by atoms with Crippen LogP contribution in [0.25, 0.3) is 11.0 Å². The number of carbonyl (C=O) groups is 4. The van der Waals surface area contributed by atoms with E-state index in [9.17, 15) is 24.0 Å². The number of piperidine rings is 1. The lowest BCUT2D eigenvalue weighted by atomic mass is 10.0. The Hall–Kier alpha value is -5.65. The van der Waals surface area contributed by atoms with Crippen molar-refractivity contribution in [2.45, 2.75) is 141 Å². The summed E-state index contributed by atoms with van der Waals surface area (Å²) in [6, 6.07) is 8.52. The number of carbonyl (C=O) groups excluding carboxylic acids is 4. The number of alkyl carbamates (subject to hydrolysis) is 1. The maximum Gasteiger partial charge on any atom is 0.407 e. The summed E-state index contributed by atoms with van der Waals surface area (Å²) < 4.78 is 12.2. The lowest BCUT2D eigenvalue weighted by Gasteiger charge is -2.22. The molecule has 15 heteroatoms. The third kappa shape index (κ3) is 9.84. The topological polar surface area (TPSA) is 176 Å². The highest BCUT2D eigenvalue weighted by molar-refractivity contribution is 6.02. The lowest BCUT2D eigenvalue weighted by Crippen LogP contribution is -2.44. The van der Waals surface area contributed by atoms with E-state index in [1.807, 2.05) is 63.6 Å². The number of anilines is 1. The normalized spacial score (nSPS) is 18.4. The van der Waals surface area contributed by atoms with Gasteiger partial charge in [0.15, 0.2) is 0 Å². The van der Waals surface area contributed by atoms with Crippen LogP contribution in [0.2, 0.25) is 0 Å². The predicted octanol–water partition coefficient (Wildman–Crippen LogP) is 5.88. The molecule has 6 rings (SSSR count). The van der Waals surface area contributed by atoms with E-state index in [-0.39, 0.29) is 47.5 Å². The standard InChI is InChI=1S/C42H55N9O6/c1-27(2)44-40(55)57-30-17-16-29(25-30)31-26-36(51(47-31)42(3,4)5)45-38(53)33-21-22-43-49(33)23-13-11-9-7-8-10-12-14-28-15-18-32-35(24-28)48(6)41(56)50(32)34-19-20-37(52)46-39(34)54/h15,18,21-22,24,26-27,29-30,34H,7-11,13,16-17,19-20,23,25H2,1-6H3,(H,44,55)(H,45,53)(H,46,52,54)/t29-,30+,34?/m0/s1. The summed E-state index contributed by atoms with van der Waals surface area (Å²) in [5, 5.41) is 17.6. The lowest BCUT2D eigenvalue weighted by molar-refractivity contribution is -0.135. The van der Waals surface area contributed by atoms with Gasteiger partial charge in [-0.25, -0.2) is 14.3 Å². The number of aryl methyl sites for hydroxylation is 2. The fourth-order valence-corrected chi connectivity index (χ4v) is 7.66. The van der Waals surface area contributed by atoms with Gasteiger partial charge in [-0.2, -0.15) is 10.2 Å². The van der Waals surface area contributed by atoms with Crippen LogP contribution >= 0.6 is 0 Å². The van der Waals surface area contributed by atoms with Crippen molar-refractivity contribution in [3.05, 3.63) is 64.0 Å². The van der Waals surface area contributed by atoms with Gasteiger partial charge in [-0.3, -0.25) is 33.5 Å². The fourth-order valence-electron chi connectivity index (χ4n) is 7.66. The molecule has 1 saturated heterocycles. The highest BCUT2D eigenvalue weighted by Crippen LogP contribution is 2.37. The van der Waals surface area contributed by atoms with Gasteiger partial charge in [0.25, 0.3) is 5.91 Å². The summed E-state index contributed by atoms with van der Waals surface area (Å²) in [6.07, 6.45) is 9.53. The summed E-state index contributed by atoms with van der Waals surface area (Å²) in [4.78, 5) is 62.8. The quantitative estimate of drug-likeness (QED) is 0.0856. The first kappa shape index (κ1) is 41.0. The Morgan fingerprint density at radius 2 is 1.77 bits per heavy atom. The average molecular weight is 782 g/mol. The summed E-state index contributed by atoms with van der Waals surface area (Å²) in [5.74, 6) is 6.19. The van der Waals surface area contributed by atoms with Crippen LogP contribution in [0, 0.1) is 11.8 Å². The number of ether oxygens (including phenoxy) is 1. The van der Waals surface area contributed by atoms with Crippen molar-refractivity contribution in [1.82, 2.24) is 39.3 Å². The van der Waals surface area contributed by atoms with Crippen LogP contribution in [0.1, 0.15) is 139 Å². The Kier molecular flexibility index (Phi) is 12.7. The molecule has 3 atom stereocenters. The Bertz CT molecular complexity index is 2240. The molecule has 1 aliphatic carbocycles. The number of hydrogen-bond donors (Lipinski definition) is 3. The second-order valence-corrected chi connectivity index (χ2v) is 16.5. The smallest absolute Gasteiger partial charge is 0.407 e. The molecule has 2 fully saturated rings. The van der Waals surface area contributed by atoms with E-state index in [1.54, 1.807) is 24.0 Å². The van der Waals surface area contributed by atoms with Gasteiger partial charge in [-0.05, 0) is 97.4 Å². The molecule has 2 aliphatic rings. The number of imidazole rings is 1. The molecule has 3 aromatic heterocycles. The maximum atomic E-state index is 13.6. The summed E-state index contributed by atoms with van der Waals surface area (Å²) in [7, 11) is 1.67. The number of hydrogen-bond acceptors (Lipinski definition) is 8. The van der Waals surface area contributed by atoms with Crippen LogP contribution in [0.5, 0.6) is 0 Å². The molecular formula is C42H55N9O6. The molecular weight excluding hydrogens is 727 g/mol. The minimum Gasteiger partial charge on any atom is -0.446 e. The van der Waals surface area contributed by atoms with Gasteiger partial charge in [0.1, 0.15) is 23.7 Å². The molecule has 1 aromatic carbocycles. The number of aromatic nitrogens is 6. The molecule has 4 heterocycles. The number of nitrogens with zero attached hydrogens (tertiary/aromatic N) is 6. The van der Waals surface area contributed by atoms with Gasteiger partial charge in [0, 0.05) is 56.2 Å². The number of nitrogens with one attached hydrogen (secondary N) is 3. The molecule has 1 unspecified atom stereocenters. The zero-order chi connectivity index (χ0) is 40.9. The first-order valence-corrected chi connectivity index (χ1v) is 20.1. The molecule has 57 heavy (non-hydrogen) atoms. The van der Waals surface area contributed by atoms with Crippen molar-refractivity contribution in [2.75, 3.05) is 5.32 Å². The van der Waals surface area contributed by atoms with E-state index in [2.05, 4.69) is 32.9 Å². The van der Waals surface area contributed by atoms with E-state index in [4.69, 9.17) is 9.84 Å². The van der Waals surface area contributed by atoms with Crippen molar-refractivity contribution in [3.8, 4) is 11.8 Å². The van der Waals surface area contributed by atoms with Gasteiger partial charge < -0.3 is 15.4 Å². The summed E-state index contributed by atoms with van der Waals surface area (Å²) in [6.45, 7) is 10.6. The monoisotopic (exact) mass is 781 g/mol. The van der Waals surface area contributed by atoms with Crippen LogP contribution in [-0.2, 0) is 33.5 Å². The van der Waals surface area contributed by atoms with Gasteiger partial charge in [-0.15, -0.1) is 0 Å². The molecule has 304 valence electrons. The molecule has 15 nitrogen and oxygen atoms in total. The van der Waals surface area contributed by atoms with Crippen LogP contribution in [0.3, 0.4) is 0 Å². The van der Waals surface area contributed by atoms with Crippen LogP contribution < -0.4 is 21.6 Å². The fraction of sp³-hybridized carbons (Fsp3) is 0.548. The molecule has 4 aromatic rings. The first-order chi connectivity index (χ1) is 27.2. The zero-order valence-electron chi connectivity index (χ0n) is 33.9. The SMILES string of the molecule is CC(C)NC(=O)O[C@@H]1CC[C@H](c2cc(NC(=O)c3ccnn3CCCCCCCC#Cc3ccc4c(c3)n(C)c(=O)n4C3CCC(=O)NC3=O)n(C(C)(C)C)n2)C1. The van der Waals surface area contributed by atoms with E-state index < -0.39 is 18.0 Å². The van der Waals surface area contributed by atoms with Crippen molar-refractivity contribution in [1.29, 1.82) is 0 Å². The Morgan fingerprint density at radius 3 is 2.53 bits per heavy atom. The maximum absolute atomic E-state index is 13.6. The van der Waals surface area contributed by atoms with Gasteiger partial charge in [0.05, 0.1) is 22.3 Å². The van der Waals surface area contributed by atoms with Crippen molar-refractivity contribution >= 4 is 40.7 Å². The van der Waals surface area contributed by atoms with Gasteiger partial charge in [-0.1, -0.05) is 31.1 Å². The van der Waals surface area contributed by atoms with E-state index in [1.165, 1.54) is 9.13 Å². The highest BCUT2D eigenvalue weighted by atomic mass is 16.6. The number of amides is 4. The second kappa shape index (κ2) is 17.7. The number of rotatable bonds is 13. The van der Waals surface area contributed by atoms with Crippen molar-refractivity contribution < 1.29 is 23.9 Å². The molecule has 0 radical (unpaired) electrons. The largest absolute Gasteiger partial charge is 0.446 e. The number of benzene rings is 1. The zero-order valence-corrected chi connectivity index (χ0v) is 33.9. The van der Waals surface area contributed by atoms with Crippen LogP contribution in [0.4, 0.5) is 10.6 Å². The number of unbranched alkanes of at least 4 members (excludes halogenated alkanes) is 5. The molecule has 4 amide bonds.